The van der Waals surface area contributed by atoms with Crippen LogP contribution in [0.1, 0.15) is 35.3 Å². The normalized spacial score (nSPS) is 12.4. The van der Waals surface area contributed by atoms with Gasteiger partial charge in [-0.1, -0.05) is 0 Å². The zero-order chi connectivity index (χ0) is 42.4. The Labute approximate surface area is 334 Å². The second-order valence-electron chi connectivity index (χ2n) is 13.8. The number of phenolic OH excluding ortho intramolecular Hbond substituents is 4. The molecule has 7 aromatic rings. The van der Waals surface area contributed by atoms with Gasteiger partial charge in [0.05, 0.1) is 44.8 Å². The van der Waals surface area contributed by atoms with Crippen LogP contribution in [0, 0.1) is 0 Å². The summed E-state index contributed by atoms with van der Waals surface area (Å²) < 4.78 is 40.0. The smallest absolute Gasteiger partial charge is 0.508 e. The number of benzene rings is 7. The Kier molecular flexibility index (Phi) is 10.5. The highest BCUT2D eigenvalue weighted by Crippen LogP contribution is 2.55. The number of phenols is 4. The van der Waals surface area contributed by atoms with Gasteiger partial charge in [0.1, 0.15) is 41.0 Å². The van der Waals surface area contributed by atoms with E-state index in [1.807, 2.05) is 0 Å². The van der Waals surface area contributed by atoms with Crippen LogP contribution in [0.15, 0.2) is 70.3 Å². The number of carbonyl (C=O) groups is 2. The predicted molar refractivity (Wildman–Crippen MR) is 216 cm³/mol. The summed E-state index contributed by atoms with van der Waals surface area (Å²) in [5, 5.41) is 44.2. The van der Waals surface area contributed by atoms with Crippen LogP contribution in [0.4, 0.5) is 4.79 Å². The van der Waals surface area contributed by atoms with Gasteiger partial charge in [-0.3, -0.25) is 9.59 Å². The molecular weight excluding hydrogens is 768 g/mol. The fraction of sp³-hybridized carbons (Fsp3) is 0.227. The Morgan fingerprint density at radius 2 is 0.966 bits per heavy atom. The predicted octanol–water partition coefficient (Wildman–Crippen LogP) is 6.69. The maximum atomic E-state index is 14.0. The summed E-state index contributed by atoms with van der Waals surface area (Å²) in [6.45, 7) is 3.17. The van der Waals surface area contributed by atoms with E-state index in [-0.39, 0.29) is 113 Å². The number of aromatic hydroxyl groups is 4. The number of hydrogen-bond donors (Lipinski definition) is 4. The lowest BCUT2D eigenvalue weighted by molar-refractivity contribution is 0.0342. The summed E-state index contributed by atoms with van der Waals surface area (Å²) in [4.78, 5) is 54.4. The van der Waals surface area contributed by atoms with E-state index in [1.54, 1.807) is 13.8 Å². The van der Waals surface area contributed by atoms with E-state index < -0.39 is 46.7 Å². The van der Waals surface area contributed by atoms with Crippen LogP contribution in [0.5, 0.6) is 51.7 Å². The SMILES string of the molecule is COc1c(O)c2c(=O)cc(OC)c3c4c(OC)cc(=O)c5c(O)c(OC)c(CC(C)OC(=O)c6ccc(O)cc6)c(c(c1CC(C)OC(=O)Oc1ccc(O)cc1)c23)c54. The van der Waals surface area contributed by atoms with Gasteiger partial charge in [0.25, 0.3) is 0 Å². The number of fused-ring (bicyclic) bond motifs is 2. The zero-order valence-corrected chi connectivity index (χ0v) is 32.6. The van der Waals surface area contributed by atoms with Crippen LogP contribution in [0.3, 0.4) is 0 Å². The maximum absolute atomic E-state index is 14.0. The lowest BCUT2D eigenvalue weighted by Crippen LogP contribution is -2.21. The van der Waals surface area contributed by atoms with E-state index in [2.05, 4.69) is 0 Å². The lowest BCUT2D eigenvalue weighted by atomic mass is 9.81. The molecule has 0 heterocycles. The van der Waals surface area contributed by atoms with Gasteiger partial charge in [-0.05, 0) is 73.2 Å². The first-order valence-electron chi connectivity index (χ1n) is 18.2. The maximum Gasteiger partial charge on any atom is 0.514 e. The van der Waals surface area contributed by atoms with Crippen molar-refractivity contribution in [3.8, 4) is 51.7 Å². The molecule has 0 spiro atoms. The van der Waals surface area contributed by atoms with Gasteiger partial charge in [-0.25, -0.2) is 9.59 Å². The molecule has 4 N–H and O–H groups in total. The molecule has 15 heteroatoms. The zero-order valence-electron chi connectivity index (χ0n) is 32.6. The van der Waals surface area contributed by atoms with E-state index in [1.165, 1.54) is 89.1 Å². The highest BCUT2D eigenvalue weighted by molar-refractivity contribution is 6.38. The van der Waals surface area contributed by atoms with Crippen LogP contribution in [-0.2, 0) is 22.3 Å². The number of esters is 1. The molecule has 0 saturated heterocycles. The minimum Gasteiger partial charge on any atom is -0.508 e. The van der Waals surface area contributed by atoms with Crippen LogP contribution in [0.25, 0.3) is 43.1 Å². The topological polar surface area (TPSA) is 214 Å². The fourth-order valence-corrected chi connectivity index (χ4v) is 7.79. The van der Waals surface area contributed by atoms with Crippen molar-refractivity contribution in [2.45, 2.75) is 38.9 Å². The van der Waals surface area contributed by atoms with Crippen LogP contribution >= 0.6 is 0 Å². The van der Waals surface area contributed by atoms with Crippen LogP contribution in [0.2, 0.25) is 0 Å². The summed E-state index contributed by atoms with van der Waals surface area (Å²) in [5.41, 5.74) is -0.693. The van der Waals surface area contributed by atoms with Gasteiger partial charge in [0, 0.05) is 57.6 Å². The van der Waals surface area contributed by atoms with Gasteiger partial charge in [-0.2, -0.15) is 0 Å². The van der Waals surface area contributed by atoms with E-state index >= 15 is 0 Å². The highest BCUT2D eigenvalue weighted by Gasteiger charge is 2.34. The second kappa shape index (κ2) is 15.5. The molecule has 2 unspecified atom stereocenters. The monoisotopic (exact) mass is 806 g/mol. The van der Waals surface area contributed by atoms with Crippen molar-refractivity contribution in [3.63, 3.8) is 0 Å². The standard InChI is InChI=1S/C44H38O15/c1-19(57-43(51)21-7-9-22(45)10-8-21)15-25-31-32-26(16-20(2)58-44(52)59-24-13-11-23(46)12-14-24)42(56-6)40(50)34-28(48)18-30(54-4)36(38(32)34)35-29(53-3)17-27(47)33(37(31)35)39(49)41(25)55-5/h7-14,17-20,45-46,49-50H,15-16H2,1-6H3. The molecule has 7 rings (SSSR count). The largest absolute Gasteiger partial charge is 0.514 e. The quantitative estimate of drug-likeness (QED) is 0.0438. The van der Waals surface area contributed by atoms with Crippen LogP contribution < -0.4 is 34.5 Å². The van der Waals surface area contributed by atoms with Gasteiger partial charge >= 0.3 is 12.1 Å². The number of methoxy groups -OCH3 is 4. The summed E-state index contributed by atoms with van der Waals surface area (Å²) in [7, 11) is 5.27. The Morgan fingerprint density at radius 1 is 0.542 bits per heavy atom. The van der Waals surface area contributed by atoms with Gasteiger partial charge in [0.2, 0.25) is 0 Å². The van der Waals surface area contributed by atoms with E-state index in [9.17, 15) is 39.6 Å². The molecule has 0 aliphatic rings. The van der Waals surface area contributed by atoms with Crippen molar-refractivity contribution >= 4 is 55.2 Å². The first-order valence-corrected chi connectivity index (χ1v) is 18.2. The molecular formula is C44H38O15. The molecule has 0 radical (unpaired) electrons. The Balaban J connectivity index is 1.57. The molecule has 2 atom stereocenters. The van der Waals surface area contributed by atoms with Gasteiger partial charge in [0.15, 0.2) is 33.9 Å². The number of hydrogen-bond acceptors (Lipinski definition) is 15. The van der Waals surface area contributed by atoms with Crippen LogP contribution in [-0.4, -0.2) is 73.2 Å². The first-order chi connectivity index (χ1) is 28.2. The highest BCUT2D eigenvalue weighted by atomic mass is 16.7. The van der Waals surface area contributed by atoms with Crippen molar-refractivity contribution in [1.82, 2.24) is 0 Å². The molecule has 0 aromatic heterocycles. The molecule has 59 heavy (non-hydrogen) atoms. The third-order valence-electron chi connectivity index (χ3n) is 10.1. The molecule has 0 fully saturated rings. The van der Waals surface area contributed by atoms with E-state index in [4.69, 9.17) is 33.2 Å². The van der Waals surface area contributed by atoms with E-state index in [0.717, 1.165) is 0 Å². The summed E-state index contributed by atoms with van der Waals surface area (Å²) in [5.74, 6) is -1.95. The summed E-state index contributed by atoms with van der Waals surface area (Å²) >= 11 is 0. The molecule has 15 nitrogen and oxygen atoms in total. The minimum absolute atomic E-state index is 0.0407. The van der Waals surface area contributed by atoms with Crippen molar-refractivity contribution in [3.05, 3.63) is 97.8 Å². The number of rotatable bonds is 12. The molecule has 0 aliphatic heterocycles. The molecule has 0 saturated carbocycles. The Morgan fingerprint density at radius 3 is 1.39 bits per heavy atom. The second-order valence-corrected chi connectivity index (χ2v) is 13.8. The average molecular weight is 807 g/mol. The molecule has 0 aliphatic carbocycles. The lowest BCUT2D eigenvalue weighted by Gasteiger charge is -2.26. The van der Waals surface area contributed by atoms with Crippen molar-refractivity contribution < 1.29 is 63.2 Å². The number of carbonyl (C=O) groups excluding carboxylic acids is 2. The molecule has 0 amide bonds. The minimum atomic E-state index is -1.09. The number of ether oxygens (including phenoxy) is 7. The van der Waals surface area contributed by atoms with Gasteiger partial charge < -0.3 is 53.6 Å². The Hall–Kier alpha value is -7.42. The third kappa shape index (κ3) is 6.79. The van der Waals surface area contributed by atoms with Gasteiger partial charge in [-0.15, -0.1) is 0 Å². The fourth-order valence-electron chi connectivity index (χ4n) is 7.79. The summed E-state index contributed by atoms with van der Waals surface area (Å²) in [6.07, 6.45) is -3.36. The molecule has 304 valence electrons. The average Bonchev–Trinajstić information content (AvgIpc) is 3.19. The Bertz CT molecular complexity index is 2890. The first kappa shape index (κ1) is 39.8. The summed E-state index contributed by atoms with van der Waals surface area (Å²) in [6, 6.07) is 13.2. The van der Waals surface area contributed by atoms with E-state index in [0.29, 0.717) is 0 Å². The molecule has 0 bridgehead atoms. The van der Waals surface area contributed by atoms with Crippen molar-refractivity contribution in [1.29, 1.82) is 0 Å². The third-order valence-corrected chi connectivity index (χ3v) is 10.1. The molecule has 7 aromatic carbocycles. The van der Waals surface area contributed by atoms with Crippen molar-refractivity contribution in [2.75, 3.05) is 28.4 Å². The van der Waals surface area contributed by atoms with Crippen molar-refractivity contribution in [2.24, 2.45) is 0 Å².